The van der Waals surface area contributed by atoms with Crippen LogP contribution in [0.2, 0.25) is 0 Å². The van der Waals surface area contributed by atoms with Gasteiger partial charge < -0.3 is 24.7 Å². The molecule has 1 aromatic heterocycles. The van der Waals surface area contributed by atoms with E-state index in [0.29, 0.717) is 25.4 Å². The van der Waals surface area contributed by atoms with Gasteiger partial charge >= 0.3 is 0 Å². The van der Waals surface area contributed by atoms with Gasteiger partial charge in [0, 0.05) is 25.3 Å². The van der Waals surface area contributed by atoms with Gasteiger partial charge in [0.1, 0.15) is 18.1 Å². The van der Waals surface area contributed by atoms with E-state index in [1.165, 1.54) is 5.56 Å². The normalized spacial score (nSPS) is 13.6. The molecule has 4 rings (SSSR count). The van der Waals surface area contributed by atoms with Crippen molar-refractivity contribution in [1.29, 1.82) is 0 Å². The quantitative estimate of drug-likeness (QED) is 0.597. The van der Waals surface area contributed by atoms with Crippen molar-refractivity contribution in [3.63, 3.8) is 0 Å². The van der Waals surface area contributed by atoms with Crippen LogP contribution in [-0.4, -0.2) is 31.4 Å². The molecule has 2 amide bonds. The minimum absolute atomic E-state index is 0.0322. The third-order valence-corrected chi connectivity index (χ3v) is 5.38. The molecule has 1 aliphatic heterocycles. The predicted molar refractivity (Wildman–Crippen MR) is 122 cm³/mol. The lowest BCUT2D eigenvalue weighted by Gasteiger charge is -2.28. The zero-order valence-corrected chi connectivity index (χ0v) is 18.3. The third kappa shape index (κ3) is 5.29. The van der Waals surface area contributed by atoms with Crippen LogP contribution in [0, 0.1) is 13.8 Å². The molecule has 0 unspecified atom stereocenters. The number of carbonyl (C=O) groups excluding carboxylic acids is 2. The Morgan fingerprint density at radius 1 is 1.12 bits per heavy atom. The van der Waals surface area contributed by atoms with Crippen molar-refractivity contribution in [3.05, 3.63) is 82.8 Å². The number of amides is 2. The molecule has 0 saturated carbocycles. The highest BCUT2D eigenvalue weighted by Crippen LogP contribution is 2.21. The zero-order valence-electron chi connectivity index (χ0n) is 18.3. The lowest BCUT2D eigenvalue weighted by molar-refractivity contribution is -0.120. The van der Waals surface area contributed by atoms with Crippen molar-refractivity contribution in [2.24, 2.45) is 0 Å². The van der Waals surface area contributed by atoms with Gasteiger partial charge in [0.2, 0.25) is 5.91 Å². The third-order valence-electron chi connectivity index (χ3n) is 5.38. The highest BCUT2D eigenvalue weighted by molar-refractivity contribution is 5.91. The van der Waals surface area contributed by atoms with Gasteiger partial charge in [-0.25, -0.2) is 0 Å². The maximum atomic E-state index is 12.4. The smallest absolute Gasteiger partial charge is 0.287 e. The second-order valence-electron chi connectivity index (χ2n) is 7.94. The lowest BCUT2D eigenvalue weighted by Crippen LogP contribution is -2.47. The molecule has 0 aliphatic carbocycles. The summed E-state index contributed by atoms with van der Waals surface area (Å²) in [6.07, 6.45) is 0. The number of benzene rings is 2. The van der Waals surface area contributed by atoms with E-state index in [2.05, 4.69) is 16.7 Å². The summed E-state index contributed by atoms with van der Waals surface area (Å²) in [5.74, 6) is 1.39. The number of piperazine rings is 1. The first-order chi connectivity index (χ1) is 15.5. The fraction of sp³-hybridized carbons (Fsp3) is 0.280. The summed E-state index contributed by atoms with van der Waals surface area (Å²) in [6.45, 7) is 6.48. The van der Waals surface area contributed by atoms with Crippen molar-refractivity contribution in [2.75, 3.05) is 24.5 Å². The Hall–Kier alpha value is -3.74. The average Bonchev–Trinajstić information content (AvgIpc) is 3.26. The van der Waals surface area contributed by atoms with Crippen molar-refractivity contribution >= 4 is 17.5 Å². The number of aryl methyl sites for hydroxylation is 2. The molecule has 3 aromatic rings. The first kappa shape index (κ1) is 21.5. The first-order valence-electron chi connectivity index (χ1n) is 10.7. The SMILES string of the molecule is Cc1ccc(OCc2ccc(C(=O)NCc3ccc(N4CCNC(=O)C4)cc3)o2)c(C)c1. The summed E-state index contributed by atoms with van der Waals surface area (Å²) >= 11 is 0. The number of carbonyl (C=O) groups is 2. The van der Waals surface area contributed by atoms with E-state index in [1.54, 1.807) is 12.1 Å². The molecule has 1 saturated heterocycles. The zero-order chi connectivity index (χ0) is 22.5. The highest BCUT2D eigenvalue weighted by Gasteiger charge is 2.16. The van der Waals surface area contributed by atoms with Crippen LogP contribution in [0.1, 0.15) is 33.0 Å². The molecule has 2 heterocycles. The van der Waals surface area contributed by atoms with E-state index in [9.17, 15) is 9.59 Å². The number of ether oxygens (including phenoxy) is 1. The summed E-state index contributed by atoms with van der Waals surface area (Å²) in [7, 11) is 0. The second kappa shape index (κ2) is 9.60. The molecule has 0 bridgehead atoms. The second-order valence-corrected chi connectivity index (χ2v) is 7.94. The van der Waals surface area contributed by atoms with Crippen LogP contribution < -0.4 is 20.3 Å². The van der Waals surface area contributed by atoms with E-state index in [4.69, 9.17) is 9.15 Å². The Kier molecular flexibility index (Phi) is 6.44. The number of rotatable bonds is 7. The largest absolute Gasteiger partial charge is 0.485 e. The first-order valence-corrected chi connectivity index (χ1v) is 10.7. The molecule has 7 heteroatoms. The number of furan rings is 1. The molecule has 0 atom stereocenters. The van der Waals surface area contributed by atoms with Crippen LogP contribution in [0.25, 0.3) is 0 Å². The van der Waals surface area contributed by atoms with Crippen LogP contribution in [0.15, 0.2) is 59.0 Å². The molecule has 0 spiro atoms. The Labute approximate surface area is 187 Å². The Bertz CT molecular complexity index is 1100. The Morgan fingerprint density at radius 2 is 1.94 bits per heavy atom. The predicted octanol–water partition coefficient (Wildman–Crippen LogP) is 3.34. The van der Waals surface area contributed by atoms with Crippen LogP contribution >= 0.6 is 0 Å². The summed E-state index contributed by atoms with van der Waals surface area (Å²) in [4.78, 5) is 26.0. The van der Waals surface area contributed by atoms with Gasteiger partial charge in [0.25, 0.3) is 5.91 Å². The van der Waals surface area contributed by atoms with Crippen molar-refractivity contribution in [2.45, 2.75) is 27.0 Å². The summed E-state index contributed by atoms with van der Waals surface area (Å²) in [6, 6.07) is 17.2. The topological polar surface area (TPSA) is 83.8 Å². The number of hydrogen-bond donors (Lipinski definition) is 2. The van der Waals surface area contributed by atoms with Crippen LogP contribution in [-0.2, 0) is 17.9 Å². The molecule has 32 heavy (non-hydrogen) atoms. The van der Waals surface area contributed by atoms with E-state index in [1.807, 2.05) is 55.1 Å². The van der Waals surface area contributed by atoms with Crippen molar-refractivity contribution in [1.82, 2.24) is 10.6 Å². The molecule has 1 aliphatic rings. The van der Waals surface area contributed by atoms with Gasteiger partial charge in [0.15, 0.2) is 5.76 Å². The summed E-state index contributed by atoms with van der Waals surface area (Å²) in [5, 5.41) is 5.69. The van der Waals surface area contributed by atoms with Gasteiger partial charge in [-0.3, -0.25) is 9.59 Å². The number of anilines is 1. The van der Waals surface area contributed by atoms with E-state index in [-0.39, 0.29) is 24.2 Å². The molecule has 2 aromatic carbocycles. The molecule has 7 nitrogen and oxygen atoms in total. The Morgan fingerprint density at radius 3 is 2.69 bits per heavy atom. The van der Waals surface area contributed by atoms with E-state index >= 15 is 0 Å². The Balaban J connectivity index is 1.28. The summed E-state index contributed by atoms with van der Waals surface area (Å²) in [5.41, 5.74) is 4.20. The molecule has 0 radical (unpaired) electrons. The van der Waals surface area contributed by atoms with E-state index in [0.717, 1.165) is 29.1 Å². The number of nitrogens with zero attached hydrogens (tertiary/aromatic N) is 1. The monoisotopic (exact) mass is 433 g/mol. The van der Waals surface area contributed by atoms with Crippen molar-refractivity contribution in [3.8, 4) is 5.75 Å². The van der Waals surface area contributed by atoms with Crippen molar-refractivity contribution < 1.29 is 18.7 Å². The van der Waals surface area contributed by atoms with Crippen LogP contribution in [0.5, 0.6) is 5.75 Å². The fourth-order valence-electron chi connectivity index (χ4n) is 3.64. The minimum atomic E-state index is -0.278. The standard InChI is InChI=1S/C25H27N3O4/c1-17-3-9-22(18(2)13-17)31-16-21-8-10-23(32-21)25(30)27-14-19-4-6-20(7-5-19)28-12-11-26-24(29)15-28/h3-10,13H,11-12,14-16H2,1-2H3,(H,26,29)(H,27,30). The number of nitrogens with one attached hydrogen (secondary N) is 2. The maximum absolute atomic E-state index is 12.4. The lowest BCUT2D eigenvalue weighted by atomic mass is 10.1. The molecular formula is C25H27N3O4. The molecule has 2 N–H and O–H groups in total. The van der Waals surface area contributed by atoms with Crippen LogP contribution in [0.4, 0.5) is 5.69 Å². The van der Waals surface area contributed by atoms with Gasteiger partial charge in [0.05, 0.1) is 6.54 Å². The van der Waals surface area contributed by atoms with Gasteiger partial charge in [-0.05, 0) is 55.3 Å². The fourth-order valence-corrected chi connectivity index (χ4v) is 3.64. The number of hydrogen-bond acceptors (Lipinski definition) is 5. The molecular weight excluding hydrogens is 406 g/mol. The van der Waals surface area contributed by atoms with Crippen LogP contribution in [0.3, 0.4) is 0 Å². The highest BCUT2D eigenvalue weighted by atomic mass is 16.5. The van der Waals surface area contributed by atoms with Gasteiger partial charge in [-0.2, -0.15) is 0 Å². The maximum Gasteiger partial charge on any atom is 0.287 e. The van der Waals surface area contributed by atoms with Gasteiger partial charge in [-0.15, -0.1) is 0 Å². The average molecular weight is 434 g/mol. The summed E-state index contributed by atoms with van der Waals surface area (Å²) < 4.78 is 11.5. The van der Waals surface area contributed by atoms with E-state index < -0.39 is 0 Å². The minimum Gasteiger partial charge on any atom is -0.485 e. The molecule has 166 valence electrons. The molecule has 1 fully saturated rings. The van der Waals surface area contributed by atoms with Gasteiger partial charge in [-0.1, -0.05) is 29.8 Å².